The predicted molar refractivity (Wildman–Crippen MR) is 47.2 cm³/mol. The molecule has 2 rings (SSSR count). The minimum absolute atomic E-state index is 0.00410. The number of rotatable bonds is 1. The summed E-state index contributed by atoms with van der Waals surface area (Å²) < 4.78 is 0. The zero-order valence-electron chi connectivity index (χ0n) is 7.10. The van der Waals surface area contributed by atoms with Crippen LogP contribution in [0, 0.1) is 0 Å². The summed E-state index contributed by atoms with van der Waals surface area (Å²) in [6, 6.07) is 1.69. The maximum atomic E-state index is 10.8. The van der Waals surface area contributed by atoms with Gasteiger partial charge in [0, 0.05) is 17.7 Å². The highest BCUT2D eigenvalue weighted by Gasteiger charge is 2.16. The molecule has 0 amide bonds. The topological polar surface area (TPSA) is 48.6 Å². The van der Waals surface area contributed by atoms with E-state index in [4.69, 9.17) is 0 Å². The van der Waals surface area contributed by atoms with Gasteiger partial charge in [0.25, 0.3) is 5.56 Å². The first-order valence-electron chi connectivity index (χ1n) is 4.64. The number of aromatic nitrogens is 2. The molecule has 0 bridgehead atoms. The van der Waals surface area contributed by atoms with Crippen LogP contribution in [0.25, 0.3) is 0 Å². The van der Waals surface area contributed by atoms with Crippen molar-refractivity contribution in [3.05, 3.63) is 22.1 Å². The van der Waals surface area contributed by atoms with Crippen molar-refractivity contribution in [1.82, 2.24) is 10.2 Å². The lowest BCUT2D eigenvalue weighted by Gasteiger charge is -2.19. The van der Waals surface area contributed by atoms with Gasteiger partial charge in [0.2, 0.25) is 0 Å². The second-order valence-electron chi connectivity index (χ2n) is 3.55. The van der Waals surface area contributed by atoms with E-state index in [-0.39, 0.29) is 5.56 Å². The van der Waals surface area contributed by atoms with Gasteiger partial charge in [-0.15, -0.1) is 0 Å². The molecule has 66 valence electrons. The van der Waals surface area contributed by atoms with Crippen molar-refractivity contribution < 1.29 is 0 Å². The van der Waals surface area contributed by atoms with Crippen LogP contribution in [0.5, 0.6) is 0 Å². The van der Waals surface area contributed by atoms with Gasteiger partial charge in [0.1, 0.15) is 0 Å². The predicted octanol–water partition coefficient (Wildman–Crippen LogP) is 1.75. The molecule has 0 saturated heterocycles. The van der Waals surface area contributed by atoms with Gasteiger partial charge in [-0.2, -0.15) is 0 Å². The normalized spacial score (nSPS) is 19.7. The number of aromatic amines is 2. The van der Waals surface area contributed by atoms with Crippen LogP contribution in [0.15, 0.2) is 10.9 Å². The molecular weight excluding hydrogens is 152 g/mol. The molecule has 0 aliphatic heterocycles. The van der Waals surface area contributed by atoms with Gasteiger partial charge in [-0.3, -0.25) is 9.89 Å². The molecule has 1 heterocycles. The second-order valence-corrected chi connectivity index (χ2v) is 3.55. The lowest BCUT2D eigenvalue weighted by Crippen LogP contribution is -2.04. The summed E-state index contributed by atoms with van der Waals surface area (Å²) in [4.78, 5) is 10.8. The number of nitrogens with one attached hydrogen (secondary N) is 2. The van der Waals surface area contributed by atoms with Crippen molar-refractivity contribution in [2.45, 2.75) is 38.0 Å². The van der Waals surface area contributed by atoms with Gasteiger partial charge in [-0.1, -0.05) is 19.3 Å². The zero-order valence-corrected chi connectivity index (χ0v) is 7.10. The van der Waals surface area contributed by atoms with E-state index in [2.05, 4.69) is 10.2 Å². The highest BCUT2D eigenvalue weighted by molar-refractivity contribution is 5.06. The van der Waals surface area contributed by atoms with Crippen molar-refractivity contribution in [1.29, 1.82) is 0 Å². The molecule has 0 aromatic carbocycles. The van der Waals surface area contributed by atoms with Crippen molar-refractivity contribution in [3.63, 3.8) is 0 Å². The SMILES string of the molecule is O=c1cc(C2CCCCC2)[nH][nH]1. The molecule has 1 fully saturated rings. The van der Waals surface area contributed by atoms with Crippen LogP contribution in [-0.2, 0) is 0 Å². The van der Waals surface area contributed by atoms with Crippen molar-refractivity contribution in [2.24, 2.45) is 0 Å². The van der Waals surface area contributed by atoms with E-state index in [1.54, 1.807) is 6.07 Å². The smallest absolute Gasteiger partial charge is 0.264 e. The Kier molecular flexibility index (Phi) is 2.02. The first-order valence-corrected chi connectivity index (χ1v) is 4.64. The lowest BCUT2D eigenvalue weighted by atomic mass is 9.87. The Morgan fingerprint density at radius 1 is 1.17 bits per heavy atom. The molecular formula is C9H14N2O. The minimum Gasteiger partial charge on any atom is -0.302 e. The molecule has 0 radical (unpaired) electrons. The third kappa shape index (κ3) is 1.44. The van der Waals surface area contributed by atoms with Crippen LogP contribution in [-0.4, -0.2) is 10.2 Å². The molecule has 1 aliphatic rings. The Hall–Kier alpha value is -0.990. The molecule has 1 aromatic heterocycles. The summed E-state index contributed by atoms with van der Waals surface area (Å²) >= 11 is 0. The van der Waals surface area contributed by atoms with Crippen LogP contribution < -0.4 is 5.56 Å². The minimum atomic E-state index is -0.00410. The van der Waals surface area contributed by atoms with E-state index >= 15 is 0 Å². The van der Waals surface area contributed by atoms with Crippen LogP contribution in [0.1, 0.15) is 43.7 Å². The fourth-order valence-electron chi connectivity index (χ4n) is 1.98. The highest BCUT2D eigenvalue weighted by atomic mass is 16.1. The van der Waals surface area contributed by atoms with Crippen LogP contribution in [0.3, 0.4) is 0 Å². The Labute approximate surface area is 71.2 Å². The average Bonchev–Trinajstić information content (AvgIpc) is 2.54. The maximum Gasteiger partial charge on any atom is 0.264 e. The standard InChI is InChI=1S/C9H14N2O/c12-9-6-8(10-11-9)7-4-2-1-3-5-7/h6-7H,1-5H2,(H2,10,11,12). The molecule has 0 atom stereocenters. The molecule has 3 heteroatoms. The van der Waals surface area contributed by atoms with E-state index in [1.165, 1.54) is 32.1 Å². The van der Waals surface area contributed by atoms with E-state index in [1.807, 2.05) is 0 Å². The first kappa shape index (κ1) is 7.65. The second kappa shape index (κ2) is 3.17. The first-order chi connectivity index (χ1) is 5.86. The lowest BCUT2D eigenvalue weighted by molar-refractivity contribution is 0.436. The number of H-pyrrole nitrogens is 2. The van der Waals surface area contributed by atoms with Gasteiger partial charge >= 0.3 is 0 Å². The zero-order chi connectivity index (χ0) is 8.39. The Balaban J connectivity index is 2.13. The molecule has 3 nitrogen and oxygen atoms in total. The van der Waals surface area contributed by atoms with Gasteiger partial charge in [0.15, 0.2) is 0 Å². The fourth-order valence-corrected chi connectivity index (χ4v) is 1.98. The van der Waals surface area contributed by atoms with Gasteiger partial charge in [0.05, 0.1) is 0 Å². The molecule has 1 saturated carbocycles. The Bertz CT molecular complexity index is 293. The van der Waals surface area contributed by atoms with Crippen LogP contribution in [0.4, 0.5) is 0 Å². The molecule has 1 aromatic rings. The molecule has 12 heavy (non-hydrogen) atoms. The van der Waals surface area contributed by atoms with Crippen molar-refractivity contribution >= 4 is 0 Å². The highest BCUT2D eigenvalue weighted by Crippen LogP contribution is 2.30. The summed E-state index contributed by atoms with van der Waals surface area (Å²) in [5.41, 5.74) is 1.09. The third-order valence-electron chi connectivity index (χ3n) is 2.66. The monoisotopic (exact) mass is 166 g/mol. The van der Waals surface area contributed by atoms with Crippen molar-refractivity contribution in [2.75, 3.05) is 0 Å². The van der Waals surface area contributed by atoms with Crippen LogP contribution in [0.2, 0.25) is 0 Å². The Morgan fingerprint density at radius 3 is 2.50 bits per heavy atom. The van der Waals surface area contributed by atoms with E-state index in [0.717, 1.165) is 5.69 Å². The van der Waals surface area contributed by atoms with Gasteiger partial charge in [-0.05, 0) is 12.8 Å². The van der Waals surface area contributed by atoms with E-state index < -0.39 is 0 Å². The maximum absolute atomic E-state index is 10.8. The summed E-state index contributed by atoms with van der Waals surface area (Å²) in [7, 11) is 0. The number of hydrogen-bond acceptors (Lipinski definition) is 1. The molecule has 0 unspecified atom stereocenters. The number of hydrogen-bond donors (Lipinski definition) is 2. The van der Waals surface area contributed by atoms with Crippen molar-refractivity contribution in [3.8, 4) is 0 Å². The van der Waals surface area contributed by atoms with Crippen LogP contribution >= 0.6 is 0 Å². The molecule has 2 N–H and O–H groups in total. The largest absolute Gasteiger partial charge is 0.302 e. The van der Waals surface area contributed by atoms with E-state index in [9.17, 15) is 4.79 Å². The summed E-state index contributed by atoms with van der Waals surface area (Å²) in [5, 5.41) is 5.52. The average molecular weight is 166 g/mol. The van der Waals surface area contributed by atoms with Gasteiger partial charge in [-0.25, -0.2) is 0 Å². The molecule has 0 spiro atoms. The summed E-state index contributed by atoms with van der Waals surface area (Å²) in [5.74, 6) is 0.595. The third-order valence-corrected chi connectivity index (χ3v) is 2.66. The molecule has 1 aliphatic carbocycles. The quantitative estimate of drug-likeness (QED) is 0.656. The van der Waals surface area contributed by atoms with E-state index in [0.29, 0.717) is 5.92 Å². The summed E-state index contributed by atoms with van der Waals surface area (Å²) in [6.07, 6.45) is 6.42. The van der Waals surface area contributed by atoms with Gasteiger partial charge < -0.3 is 5.10 Å². The summed E-state index contributed by atoms with van der Waals surface area (Å²) in [6.45, 7) is 0. The Morgan fingerprint density at radius 2 is 1.92 bits per heavy atom. The fraction of sp³-hybridized carbons (Fsp3) is 0.667.